The molecule has 0 radical (unpaired) electrons. The molecule has 4 heteroatoms. The molecule has 1 saturated carbocycles. The molecule has 0 bridgehead atoms. The first-order valence-electron chi connectivity index (χ1n) is 9.47. The van der Waals surface area contributed by atoms with Gasteiger partial charge in [-0.15, -0.1) is 0 Å². The van der Waals surface area contributed by atoms with E-state index in [-0.39, 0.29) is 5.71 Å². The Balaban J connectivity index is 1.71. The lowest BCUT2D eigenvalue weighted by molar-refractivity contribution is 0.0304. The summed E-state index contributed by atoms with van der Waals surface area (Å²) >= 11 is 0. The van der Waals surface area contributed by atoms with Gasteiger partial charge in [0.2, 0.25) is 0 Å². The molecule has 1 aliphatic carbocycles. The van der Waals surface area contributed by atoms with Crippen molar-refractivity contribution in [1.82, 2.24) is 4.90 Å². The minimum Gasteiger partial charge on any atom is -0.305 e. The summed E-state index contributed by atoms with van der Waals surface area (Å²) in [7, 11) is 0. The van der Waals surface area contributed by atoms with Gasteiger partial charge in [0.05, 0.1) is 6.42 Å². The van der Waals surface area contributed by atoms with Gasteiger partial charge in [0.1, 0.15) is 0 Å². The SMILES string of the molecule is CC(F)(F)CC(=N)/C=C\C1=CCCN(CCC2CCCCC2)CC1. The van der Waals surface area contributed by atoms with Crippen LogP contribution in [0.25, 0.3) is 0 Å². The molecule has 0 aromatic carbocycles. The molecule has 0 amide bonds. The average molecular weight is 338 g/mol. The molecule has 0 atom stereocenters. The third-order valence-corrected chi connectivity index (χ3v) is 5.15. The average Bonchev–Trinajstić information content (AvgIpc) is 2.76. The monoisotopic (exact) mass is 338 g/mol. The van der Waals surface area contributed by atoms with Gasteiger partial charge >= 0.3 is 0 Å². The molecular weight excluding hydrogens is 306 g/mol. The van der Waals surface area contributed by atoms with Crippen LogP contribution in [0.5, 0.6) is 0 Å². The molecule has 2 rings (SSSR count). The summed E-state index contributed by atoms with van der Waals surface area (Å²) < 4.78 is 25.8. The molecule has 2 nitrogen and oxygen atoms in total. The van der Waals surface area contributed by atoms with Crippen LogP contribution in [0.4, 0.5) is 8.78 Å². The van der Waals surface area contributed by atoms with Crippen LogP contribution < -0.4 is 0 Å². The highest BCUT2D eigenvalue weighted by Gasteiger charge is 2.22. The van der Waals surface area contributed by atoms with Crippen molar-refractivity contribution in [2.45, 2.75) is 70.6 Å². The molecule has 0 aromatic heterocycles. The molecule has 1 heterocycles. The van der Waals surface area contributed by atoms with E-state index in [1.165, 1.54) is 50.6 Å². The fourth-order valence-corrected chi connectivity index (χ4v) is 3.75. The summed E-state index contributed by atoms with van der Waals surface area (Å²) in [4.78, 5) is 2.54. The van der Waals surface area contributed by atoms with E-state index in [2.05, 4.69) is 11.0 Å². The zero-order valence-electron chi connectivity index (χ0n) is 15.0. The van der Waals surface area contributed by atoms with Gasteiger partial charge in [-0.2, -0.15) is 0 Å². The van der Waals surface area contributed by atoms with Crippen molar-refractivity contribution in [2.75, 3.05) is 19.6 Å². The van der Waals surface area contributed by atoms with E-state index < -0.39 is 12.3 Å². The topological polar surface area (TPSA) is 27.1 Å². The van der Waals surface area contributed by atoms with Crippen molar-refractivity contribution < 1.29 is 8.78 Å². The zero-order chi connectivity index (χ0) is 17.4. The highest BCUT2D eigenvalue weighted by atomic mass is 19.3. The number of rotatable bonds is 7. The lowest BCUT2D eigenvalue weighted by Crippen LogP contribution is -2.27. The minimum atomic E-state index is -2.80. The number of halogens is 2. The maximum atomic E-state index is 12.9. The molecule has 1 fully saturated rings. The first-order chi connectivity index (χ1) is 11.4. The highest BCUT2D eigenvalue weighted by Crippen LogP contribution is 2.26. The maximum absolute atomic E-state index is 12.9. The van der Waals surface area contributed by atoms with Gasteiger partial charge in [-0.25, -0.2) is 8.78 Å². The van der Waals surface area contributed by atoms with Crippen molar-refractivity contribution in [3.63, 3.8) is 0 Å². The predicted molar refractivity (Wildman–Crippen MR) is 97.1 cm³/mol. The Morgan fingerprint density at radius 1 is 1.29 bits per heavy atom. The summed E-state index contributed by atoms with van der Waals surface area (Å²) in [5, 5.41) is 7.63. The highest BCUT2D eigenvalue weighted by molar-refractivity contribution is 5.93. The van der Waals surface area contributed by atoms with Crippen molar-refractivity contribution in [3.8, 4) is 0 Å². The molecule has 1 N–H and O–H groups in total. The molecule has 2 aliphatic rings. The van der Waals surface area contributed by atoms with Gasteiger partial charge in [-0.05, 0) is 44.7 Å². The Hall–Kier alpha value is -1.03. The normalized spacial score (nSPS) is 21.7. The summed E-state index contributed by atoms with van der Waals surface area (Å²) in [5.41, 5.74) is 1.18. The van der Waals surface area contributed by atoms with E-state index in [1.807, 2.05) is 6.08 Å². The molecule has 1 aliphatic heterocycles. The summed E-state index contributed by atoms with van der Waals surface area (Å²) in [5.74, 6) is -1.87. The number of nitrogens with zero attached hydrogens (tertiary/aromatic N) is 1. The Bertz CT molecular complexity index is 457. The third kappa shape index (κ3) is 7.69. The van der Waals surface area contributed by atoms with Gasteiger partial charge in [0, 0.05) is 18.8 Å². The summed E-state index contributed by atoms with van der Waals surface area (Å²) in [6.07, 6.45) is 15.5. The lowest BCUT2D eigenvalue weighted by Gasteiger charge is -2.26. The number of alkyl halides is 2. The standard InChI is InChI=1S/C20H32F2N2/c1-20(21,22)16-19(23)10-9-18-8-5-13-24(15-12-18)14-11-17-6-3-2-4-7-17/h8-10,17,23H,2-7,11-16H2,1H3/b10-9-,23-19?. The Morgan fingerprint density at radius 3 is 2.75 bits per heavy atom. The molecule has 0 saturated heterocycles. The van der Waals surface area contributed by atoms with E-state index >= 15 is 0 Å². The number of hydrogen-bond donors (Lipinski definition) is 1. The van der Waals surface area contributed by atoms with E-state index in [4.69, 9.17) is 5.41 Å². The quantitative estimate of drug-likeness (QED) is 0.601. The van der Waals surface area contributed by atoms with Gasteiger partial charge < -0.3 is 10.3 Å². The summed E-state index contributed by atoms with van der Waals surface area (Å²) in [6.45, 7) is 4.19. The number of nitrogens with one attached hydrogen (secondary N) is 1. The Labute approximate surface area is 145 Å². The van der Waals surface area contributed by atoms with Gasteiger partial charge in [-0.1, -0.05) is 49.8 Å². The van der Waals surface area contributed by atoms with Gasteiger partial charge in [-0.3, -0.25) is 0 Å². The number of hydrogen-bond acceptors (Lipinski definition) is 2. The third-order valence-electron chi connectivity index (χ3n) is 5.15. The van der Waals surface area contributed by atoms with Crippen LogP contribution >= 0.6 is 0 Å². The van der Waals surface area contributed by atoms with Crippen LogP contribution in [0.15, 0.2) is 23.8 Å². The fourth-order valence-electron chi connectivity index (χ4n) is 3.75. The lowest BCUT2D eigenvalue weighted by atomic mass is 9.87. The maximum Gasteiger partial charge on any atom is 0.250 e. The second kappa shape index (κ2) is 9.45. The van der Waals surface area contributed by atoms with Crippen LogP contribution in [0.3, 0.4) is 0 Å². The predicted octanol–water partition coefficient (Wildman–Crippen LogP) is 5.60. The van der Waals surface area contributed by atoms with Crippen molar-refractivity contribution >= 4 is 5.71 Å². The van der Waals surface area contributed by atoms with E-state index in [0.29, 0.717) is 0 Å². The Kier molecular flexibility index (Phi) is 7.60. The van der Waals surface area contributed by atoms with E-state index in [9.17, 15) is 8.78 Å². The second-order valence-corrected chi connectivity index (χ2v) is 7.56. The molecule has 0 spiro atoms. The van der Waals surface area contributed by atoms with Crippen LogP contribution in [-0.4, -0.2) is 36.2 Å². The van der Waals surface area contributed by atoms with Crippen LogP contribution in [-0.2, 0) is 0 Å². The molecule has 24 heavy (non-hydrogen) atoms. The number of allylic oxidation sites excluding steroid dienone is 2. The van der Waals surface area contributed by atoms with Crippen LogP contribution in [0.2, 0.25) is 0 Å². The first-order valence-corrected chi connectivity index (χ1v) is 9.47. The summed E-state index contributed by atoms with van der Waals surface area (Å²) in [6, 6.07) is 0. The van der Waals surface area contributed by atoms with Crippen LogP contribution in [0, 0.1) is 11.3 Å². The second-order valence-electron chi connectivity index (χ2n) is 7.56. The molecule has 136 valence electrons. The van der Waals surface area contributed by atoms with Crippen molar-refractivity contribution in [2.24, 2.45) is 5.92 Å². The van der Waals surface area contributed by atoms with Crippen molar-refractivity contribution in [3.05, 3.63) is 23.8 Å². The largest absolute Gasteiger partial charge is 0.305 e. The van der Waals surface area contributed by atoms with Crippen LogP contribution in [0.1, 0.15) is 64.7 Å². The van der Waals surface area contributed by atoms with Gasteiger partial charge in [0.25, 0.3) is 5.92 Å². The first kappa shape index (κ1) is 19.3. The fraction of sp³-hybridized carbons (Fsp3) is 0.750. The molecular formula is C20H32F2N2. The van der Waals surface area contributed by atoms with E-state index in [0.717, 1.165) is 38.8 Å². The minimum absolute atomic E-state index is 0.00167. The van der Waals surface area contributed by atoms with Crippen molar-refractivity contribution in [1.29, 1.82) is 5.41 Å². The van der Waals surface area contributed by atoms with E-state index in [1.54, 1.807) is 6.08 Å². The molecule has 0 aromatic rings. The zero-order valence-corrected chi connectivity index (χ0v) is 15.0. The molecule has 0 unspecified atom stereocenters. The Morgan fingerprint density at radius 2 is 2.04 bits per heavy atom. The smallest absolute Gasteiger partial charge is 0.250 e. The van der Waals surface area contributed by atoms with Gasteiger partial charge in [0.15, 0.2) is 0 Å².